The van der Waals surface area contributed by atoms with Gasteiger partial charge in [0.05, 0.1) is 11.4 Å². The lowest BCUT2D eigenvalue weighted by atomic mass is 9.89. The summed E-state index contributed by atoms with van der Waals surface area (Å²) in [5.41, 5.74) is 11.9. The van der Waals surface area contributed by atoms with Crippen LogP contribution in [0.25, 0.3) is 56.4 Å². The molecule has 0 saturated carbocycles. The highest BCUT2D eigenvalue weighted by molar-refractivity contribution is 5.99. The predicted molar refractivity (Wildman–Crippen MR) is 141 cm³/mol. The van der Waals surface area contributed by atoms with Crippen molar-refractivity contribution in [1.82, 2.24) is 30.0 Å². The van der Waals surface area contributed by atoms with Crippen LogP contribution in [0, 0.1) is 13.8 Å². The summed E-state index contributed by atoms with van der Waals surface area (Å²) >= 11 is 0. The van der Waals surface area contributed by atoms with E-state index in [1.54, 1.807) is 0 Å². The summed E-state index contributed by atoms with van der Waals surface area (Å²) < 4.78 is 3.93. The van der Waals surface area contributed by atoms with Gasteiger partial charge in [-0.2, -0.15) is 0 Å². The topological polar surface area (TPSA) is 61.4 Å². The highest BCUT2D eigenvalue weighted by Gasteiger charge is 2.30. The summed E-state index contributed by atoms with van der Waals surface area (Å²) in [7, 11) is 0. The number of benzene rings is 4. The zero-order valence-electron chi connectivity index (χ0n) is 19.9. The van der Waals surface area contributed by atoms with Crippen molar-refractivity contribution in [3.8, 4) is 56.4 Å². The molecule has 0 N–H and O–H groups in total. The molecule has 0 fully saturated rings. The molecule has 1 aliphatic carbocycles. The van der Waals surface area contributed by atoms with E-state index in [0.717, 1.165) is 67.5 Å². The van der Waals surface area contributed by atoms with Crippen LogP contribution in [0.5, 0.6) is 0 Å². The number of nitrogens with zero attached hydrogens (tertiary/aromatic N) is 6. The van der Waals surface area contributed by atoms with Crippen molar-refractivity contribution in [2.75, 3.05) is 0 Å². The first-order valence-electron chi connectivity index (χ1n) is 12.0. The van der Waals surface area contributed by atoms with E-state index < -0.39 is 0 Å². The Kier molecular flexibility index (Phi) is 4.48. The molecule has 0 spiro atoms. The molecular formula is C30H22N6. The van der Waals surface area contributed by atoms with Crippen LogP contribution >= 0.6 is 0 Å². The standard InChI is InChI=1S/C30H22N6/c1-19-11-3-9-17-25(19)35-29-23-15-7-8-16-24(23)30-28(22-14-6-5-13-21(22)27(29)31-33-35)32-34-36(30)26-18-10-4-12-20(26)2/h3-18H,1-2H3. The Morgan fingerprint density at radius 3 is 1.22 bits per heavy atom. The van der Waals surface area contributed by atoms with Gasteiger partial charge in [0.25, 0.3) is 0 Å². The molecule has 4 aromatic carbocycles. The number of rotatable bonds is 2. The van der Waals surface area contributed by atoms with Crippen LogP contribution in [-0.2, 0) is 0 Å². The molecule has 2 heterocycles. The molecule has 7 rings (SSSR count). The molecule has 0 atom stereocenters. The highest BCUT2D eigenvalue weighted by Crippen LogP contribution is 2.47. The first-order valence-corrected chi connectivity index (χ1v) is 12.0. The van der Waals surface area contributed by atoms with E-state index >= 15 is 0 Å². The van der Waals surface area contributed by atoms with E-state index in [1.165, 1.54) is 0 Å². The summed E-state index contributed by atoms with van der Waals surface area (Å²) in [6.07, 6.45) is 0. The largest absolute Gasteiger partial charge is 0.212 e. The van der Waals surface area contributed by atoms with Gasteiger partial charge in [0.1, 0.15) is 22.8 Å². The Morgan fingerprint density at radius 2 is 0.806 bits per heavy atom. The first-order chi connectivity index (χ1) is 17.7. The summed E-state index contributed by atoms with van der Waals surface area (Å²) in [6.45, 7) is 4.20. The van der Waals surface area contributed by atoms with Crippen molar-refractivity contribution >= 4 is 0 Å². The second-order valence-electron chi connectivity index (χ2n) is 9.06. The molecule has 36 heavy (non-hydrogen) atoms. The average Bonchev–Trinajstić information content (AvgIpc) is 3.53. The Hall–Kier alpha value is -4.84. The van der Waals surface area contributed by atoms with Crippen molar-refractivity contribution in [3.05, 3.63) is 108 Å². The number of para-hydroxylation sites is 2. The van der Waals surface area contributed by atoms with Crippen LogP contribution in [0.1, 0.15) is 11.1 Å². The molecule has 0 bridgehead atoms. The van der Waals surface area contributed by atoms with E-state index in [9.17, 15) is 0 Å². The lowest BCUT2D eigenvalue weighted by molar-refractivity contribution is 0.800. The molecule has 6 aromatic rings. The van der Waals surface area contributed by atoms with Gasteiger partial charge in [-0.25, -0.2) is 9.36 Å². The van der Waals surface area contributed by atoms with Gasteiger partial charge in [0.2, 0.25) is 0 Å². The fourth-order valence-electron chi connectivity index (χ4n) is 5.14. The van der Waals surface area contributed by atoms with Crippen molar-refractivity contribution in [1.29, 1.82) is 0 Å². The summed E-state index contributed by atoms with van der Waals surface area (Å²) in [5.74, 6) is 0. The van der Waals surface area contributed by atoms with Crippen molar-refractivity contribution in [3.63, 3.8) is 0 Å². The second kappa shape index (κ2) is 7.85. The molecule has 0 unspecified atom stereocenters. The van der Waals surface area contributed by atoms with E-state index in [-0.39, 0.29) is 0 Å². The molecule has 0 amide bonds. The molecule has 0 aliphatic heterocycles. The minimum absolute atomic E-state index is 0.831. The third-order valence-corrected chi connectivity index (χ3v) is 6.90. The van der Waals surface area contributed by atoms with Crippen LogP contribution in [0.4, 0.5) is 0 Å². The summed E-state index contributed by atoms with van der Waals surface area (Å²) in [5, 5.41) is 18.8. The van der Waals surface area contributed by atoms with Gasteiger partial charge >= 0.3 is 0 Å². The molecule has 0 radical (unpaired) electrons. The number of aromatic nitrogens is 6. The smallest absolute Gasteiger partial charge is 0.122 e. The Labute approximate surface area is 208 Å². The monoisotopic (exact) mass is 466 g/mol. The van der Waals surface area contributed by atoms with Crippen LogP contribution in [-0.4, -0.2) is 30.0 Å². The van der Waals surface area contributed by atoms with E-state index in [0.29, 0.717) is 0 Å². The van der Waals surface area contributed by atoms with Crippen LogP contribution in [0.3, 0.4) is 0 Å². The number of aryl methyl sites for hydroxylation is 2. The second-order valence-corrected chi connectivity index (χ2v) is 9.06. The molecular weight excluding hydrogens is 444 g/mol. The Bertz CT molecular complexity index is 1640. The first kappa shape index (κ1) is 20.5. The van der Waals surface area contributed by atoms with Crippen molar-refractivity contribution in [2.24, 2.45) is 0 Å². The van der Waals surface area contributed by atoms with Gasteiger partial charge < -0.3 is 0 Å². The lowest BCUT2D eigenvalue weighted by Crippen LogP contribution is -2.06. The summed E-state index contributed by atoms with van der Waals surface area (Å²) in [4.78, 5) is 0. The van der Waals surface area contributed by atoms with Crippen molar-refractivity contribution in [2.45, 2.75) is 13.8 Å². The average molecular weight is 467 g/mol. The maximum atomic E-state index is 4.73. The minimum Gasteiger partial charge on any atom is -0.212 e. The fourth-order valence-corrected chi connectivity index (χ4v) is 5.14. The minimum atomic E-state index is 0.831. The molecule has 1 aliphatic rings. The van der Waals surface area contributed by atoms with Gasteiger partial charge in [0, 0.05) is 22.3 Å². The van der Waals surface area contributed by atoms with E-state index in [4.69, 9.17) is 10.2 Å². The number of hydrogen-bond donors (Lipinski definition) is 0. The lowest BCUT2D eigenvalue weighted by Gasteiger charge is -2.19. The van der Waals surface area contributed by atoms with E-state index in [1.807, 2.05) is 45.8 Å². The fraction of sp³-hybridized carbons (Fsp3) is 0.0667. The molecule has 6 nitrogen and oxygen atoms in total. The van der Waals surface area contributed by atoms with Crippen LogP contribution in [0.15, 0.2) is 97.1 Å². The van der Waals surface area contributed by atoms with Gasteiger partial charge in [-0.15, -0.1) is 10.2 Å². The third kappa shape index (κ3) is 2.91. The number of fused-ring (bicyclic) bond motifs is 8. The van der Waals surface area contributed by atoms with E-state index in [2.05, 4.69) is 84.9 Å². The third-order valence-electron chi connectivity index (χ3n) is 6.90. The maximum Gasteiger partial charge on any atom is 0.122 e. The zero-order valence-corrected chi connectivity index (χ0v) is 19.9. The highest BCUT2D eigenvalue weighted by atomic mass is 15.4. The SMILES string of the molecule is Cc1ccccc1-n1nnc2c1-c1ccccc1-c1c(nnn1-c1ccccc1C)-c1ccccc1-2. The van der Waals surface area contributed by atoms with Gasteiger partial charge in [-0.3, -0.25) is 0 Å². The van der Waals surface area contributed by atoms with Gasteiger partial charge in [-0.05, 0) is 37.1 Å². The maximum absolute atomic E-state index is 4.73. The summed E-state index contributed by atoms with van der Waals surface area (Å²) in [6, 6.07) is 33.2. The quantitative estimate of drug-likeness (QED) is 0.294. The zero-order chi connectivity index (χ0) is 24.2. The Morgan fingerprint density at radius 1 is 0.444 bits per heavy atom. The molecule has 0 saturated heterocycles. The van der Waals surface area contributed by atoms with Crippen LogP contribution in [0.2, 0.25) is 0 Å². The Balaban J connectivity index is 1.63. The normalized spacial score (nSPS) is 11.6. The van der Waals surface area contributed by atoms with Gasteiger partial charge in [-0.1, -0.05) is 95.4 Å². The van der Waals surface area contributed by atoms with Crippen LogP contribution < -0.4 is 0 Å². The molecule has 6 heteroatoms. The molecule has 172 valence electrons. The van der Waals surface area contributed by atoms with Crippen molar-refractivity contribution < 1.29 is 0 Å². The predicted octanol–water partition coefficient (Wildman–Crippen LogP) is 6.45. The van der Waals surface area contributed by atoms with Gasteiger partial charge in [0.15, 0.2) is 0 Å². The number of hydrogen-bond acceptors (Lipinski definition) is 4. The molecule has 2 aromatic heterocycles.